The average molecular weight is 426 g/mol. The van der Waals surface area contributed by atoms with Crippen LogP contribution in [0.2, 0.25) is 0 Å². The molecule has 0 N–H and O–H groups in total. The smallest absolute Gasteiger partial charge is 0.410 e. The highest BCUT2D eigenvalue weighted by Crippen LogP contribution is 2.13. The topological polar surface area (TPSA) is 55.8 Å². The van der Waals surface area contributed by atoms with Gasteiger partial charge >= 0.3 is 12.1 Å². The lowest BCUT2D eigenvalue weighted by Gasteiger charge is -2.15. The summed E-state index contributed by atoms with van der Waals surface area (Å²) in [5, 5.41) is 0. The maximum Gasteiger partial charge on any atom is 0.410 e. The normalized spacial score (nSPS) is 10.6. The van der Waals surface area contributed by atoms with Crippen LogP contribution in [0.3, 0.4) is 0 Å². The summed E-state index contributed by atoms with van der Waals surface area (Å²) in [5.41, 5.74) is 0. The van der Waals surface area contributed by atoms with Crippen LogP contribution in [0.4, 0.5) is 4.79 Å². The molecule has 0 bridgehead atoms. The second-order valence-corrected chi connectivity index (χ2v) is 8.25. The van der Waals surface area contributed by atoms with E-state index in [4.69, 9.17) is 9.47 Å². The van der Waals surface area contributed by atoms with Crippen molar-refractivity contribution < 1.29 is 19.1 Å². The number of nitrogens with zero attached hydrogens (tertiary/aromatic N) is 1. The molecule has 0 aliphatic heterocycles. The van der Waals surface area contributed by atoms with Gasteiger partial charge in [-0.2, -0.15) is 0 Å². The maximum absolute atomic E-state index is 11.7. The molecule has 0 saturated carbocycles. The summed E-state index contributed by atoms with van der Waals surface area (Å²) in [4.78, 5) is 24.4. The molecule has 0 unspecified atom stereocenters. The van der Waals surface area contributed by atoms with E-state index in [2.05, 4.69) is 13.5 Å². The third-order valence-electron chi connectivity index (χ3n) is 5.26. The second kappa shape index (κ2) is 22.2. The van der Waals surface area contributed by atoms with Crippen molar-refractivity contribution in [3.63, 3.8) is 0 Å². The zero-order valence-corrected chi connectivity index (χ0v) is 19.8. The van der Waals surface area contributed by atoms with Gasteiger partial charge in [-0.15, -0.1) is 0 Å². The number of carbonyl (C=O) groups is 2. The number of hydrogen-bond acceptors (Lipinski definition) is 4. The summed E-state index contributed by atoms with van der Waals surface area (Å²) in [7, 11) is 1.52. The molecule has 0 aromatic heterocycles. The van der Waals surface area contributed by atoms with E-state index in [9.17, 15) is 9.59 Å². The lowest BCUT2D eigenvalue weighted by molar-refractivity contribution is -0.144. The first-order chi connectivity index (χ1) is 14.6. The monoisotopic (exact) mass is 425 g/mol. The Morgan fingerprint density at radius 1 is 0.733 bits per heavy atom. The van der Waals surface area contributed by atoms with Crippen LogP contribution in [-0.2, 0) is 14.3 Å². The molecule has 176 valence electrons. The van der Waals surface area contributed by atoms with E-state index in [-0.39, 0.29) is 13.2 Å². The van der Waals surface area contributed by atoms with E-state index in [1.54, 1.807) is 0 Å². The van der Waals surface area contributed by atoms with Crippen molar-refractivity contribution in [2.24, 2.45) is 0 Å². The predicted octanol–water partition coefficient (Wildman–Crippen LogP) is 7.05. The quantitative estimate of drug-likeness (QED) is 0.112. The molecule has 0 aliphatic carbocycles. The number of hydrogen-bond donors (Lipinski definition) is 0. The highest BCUT2D eigenvalue weighted by Gasteiger charge is 2.14. The molecule has 0 aromatic rings. The van der Waals surface area contributed by atoms with Crippen LogP contribution >= 0.6 is 0 Å². The summed E-state index contributed by atoms with van der Waals surface area (Å²) in [6, 6.07) is 0. The van der Waals surface area contributed by atoms with E-state index in [0.29, 0.717) is 6.61 Å². The van der Waals surface area contributed by atoms with Crippen LogP contribution in [0.25, 0.3) is 0 Å². The fourth-order valence-electron chi connectivity index (χ4n) is 3.38. The molecule has 0 rings (SSSR count). The molecule has 0 heterocycles. The summed E-state index contributed by atoms with van der Waals surface area (Å²) >= 11 is 0. The molecular formula is C25H47NO4. The summed E-state index contributed by atoms with van der Waals surface area (Å²) in [5.74, 6) is -0.394. The van der Waals surface area contributed by atoms with Crippen molar-refractivity contribution in [2.45, 2.75) is 110 Å². The lowest BCUT2D eigenvalue weighted by Crippen LogP contribution is -2.33. The first-order valence-electron chi connectivity index (χ1n) is 12.3. The molecule has 0 radical (unpaired) electrons. The molecule has 5 nitrogen and oxygen atoms in total. The van der Waals surface area contributed by atoms with Gasteiger partial charge in [0.2, 0.25) is 0 Å². The second-order valence-electron chi connectivity index (χ2n) is 8.25. The molecule has 30 heavy (non-hydrogen) atoms. The van der Waals surface area contributed by atoms with Gasteiger partial charge < -0.3 is 14.4 Å². The van der Waals surface area contributed by atoms with Crippen molar-refractivity contribution >= 4 is 12.1 Å². The molecule has 0 fully saturated rings. The molecule has 0 spiro atoms. The summed E-state index contributed by atoms with van der Waals surface area (Å²) in [6.07, 6.45) is 22.0. The van der Waals surface area contributed by atoms with Gasteiger partial charge in [0.05, 0.1) is 6.61 Å². The van der Waals surface area contributed by atoms with Gasteiger partial charge in [-0.3, -0.25) is 4.79 Å². The first kappa shape index (κ1) is 28.5. The number of carbonyl (C=O) groups excluding carboxylic acids is 2. The van der Waals surface area contributed by atoms with Crippen LogP contribution < -0.4 is 0 Å². The van der Waals surface area contributed by atoms with Crippen LogP contribution in [0.1, 0.15) is 110 Å². The molecule has 0 saturated heterocycles. The maximum atomic E-state index is 11.7. The van der Waals surface area contributed by atoms with Crippen LogP contribution in [0.5, 0.6) is 0 Å². The lowest BCUT2D eigenvalue weighted by atomic mass is 10.0. The van der Waals surface area contributed by atoms with E-state index in [1.807, 2.05) is 0 Å². The van der Waals surface area contributed by atoms with Gasteiger partial charge in [0.1, 0.15) is 13.2 Å². The minimum atomic E-state index is -0.547. The van der Waals surface area contributed by atoms with Crippen molar-refractivity contribution in [1.29, 1.82) is 0 Å². The zero-order valence-electron chi connectivity index (χ0n) is 19.8. The van der Waals surface area contributed by atoms with Gasteiger partial charge in [-0.1, -0.05) is 116 Å². The Labute approximate surface area is 185 Å². The number of ether oxygens (including phenoxy) is 2. The molecule has 0 aliphatic rings. The highest BCUT2D eigenvalue weighted by molar-refractivity contribution is 5.77. The number of likely N-dealkylation sites (N-methyl/N-ethyl adjacent to an activating group) is 1. The van der Waals surface area contributed by atoms with E-state index in [0.717, 1.165) is 12.8 Å². The van der Waals surface area contributed by atoms with Crippen molar-refractivity contribution in [2.75, 3.05) is 26.8 Å². The fourth-order valence-corrected chi connectivity index (χ4v) is 3.38. The Bertz CT molecular complexity index is 425. The standard InChI is InChI=1S/C25H47NO4/c1-4-6-7-8-9-10-11-12-13-14-15-16-17-18-19-20-22-29-24(27)23-26(3)25(28)30-21-5-2/h5H,2,4,6-23H2,1,3H3. The van der Waals surface area contributed by atoms with E-state index in [1.165, 1.54) is 108 Å². The minimum absolute atomic E-state index is 0.0885. The Morgan fingerprint density at radius 2 is 1.17 bits per heavy atom. The molecular weight excluding hydrogens is 378 g/mol. The Kier molecular flexibility index (Phi) is 21.0. The average Bonchev–Trinajstić information content (AvgIpc) is 2.74. The van der Waals surface area contributed by atoms with E-state index >= 15 is 0 Å². The molecule has 0 atom stereocenters. The van der Waals surface area contributed by atoms with Gasteiger partial charge in [0, 0.05) is 7.05 Å². The van der Waals surface area contributed by atoms with Crippen molar-refractivity contribution in [3.8, 4) is 0 Å². The SMILES string of the molecule is C=CCOC(=O)N(C)CC(=O)OCCCCCCCCCCCCCCCCCC. The number of amides is 1. The number of rotatable bonds is 21. The number of esters is 1. The van der Waals surface area contributed by atoms with E-state index < -0.39 is 12.1 Å². The van der Waals surface area contributed by atoms with Gasteiger partial charge in [-0.05, 0) is 6.42 Å². The van der Waals surface area contributed by atoms with Crippen LogP contribution in [0.15, 0.2) is 12.7 Å². The zero-order chi connectivity index (χ0) is 22.3. The Morgan fingerprint density at radius 3 is 1.60 bits per heavy atom. The molecule has 0 aromatic carbocycles. The summed E-state index contributed by atoms with van der Waals surface area (Å²) < 4.78 is 10.0. The van der Waals surface area contributed by atoms with Crippen LogP contribution in [-0.4, -0.2) is 43.8 Å². The Hall–Kier alpha value is -1.52. The van der Waals surface area contributed by atoms with Crippen molar-refractivity contribution in [3.05, 3.63) is 12.7 Å². The number of unbranched alkanes of at least 4 members (excludes halogenated alkanes) is 15. The first-order valence-corrected chi connectivity index (χ1v) is 12.3. The predicted molar refractivity (Wildman–Crippen MR) is 125 cm³/mol. The van der Waals surface area contributed by atoms with Gasteiger partial charge in [0.25, 0.3) is 0 Å². The third kappa shape index (κ3) is 19.8. The largest absolute Gasteiger partial charge is 0.464 e. The fraction of sp³-hybridized carbons (Fsp3) is 0.840. The van der Waals surface area contributed by atoms with Gasteiger partial charge in [0.15, 0.2) is 0 Å². The third-order valence-corrected chi connectivity index (χ3v) is 5.26. The molecule has 5 heteroatoms. The minimum Gasteiger partial charge on any atom is -0.464 e. The Balaban J connectivity index is 3.30. The summed E-state index contributed by atoms with van der Waals surface area (Å²) in [6.45, 7) is 6.22. The van der Waals surface area contributed by atoms with Crippen molar-refractivity contribution in [1.82, 2.24) is 4.90 Å². The highest BCUT2D eigenvalue weighted by atomic mass is 16.6. The van der Waals surface area contributed by atoms with Crippen LogP contribution in [0, 0.1) is 0 Å². The molecule has 1 amide bonds. The van der Waals surface area contributed by atoms with Gasteiger partial charge in [-0.25, -0.2) is 4.79 Å².